The van der Waals surface area contributed by atoms with Crippen molar-refractivity contribution in [2.24, 2.45) is 5.92 Å². The molecule has 26 heavy (non-hydrogen) atoms. The van der Waals surface area contributed by atoms with Crippen LogP contribution in [-0.4, -0.2) is 29.6 Å². The molecule has 1 aromatic carbocycles. The Kier molecular flexibility index (Phi) is 4.21. The fourth-order valence-corrected chi connectivity index (χ4v) is 5.02. The second-order valence-electron chi connectivity index (χ2n) is 7.70. The van der Waals surface area contributed by atoms with E-state index in [1.54, 1.807) is 0 Å². The summed E-state index contributed by atoms with van der Waals surface area (Å²) in [7, 11) is 0. The van der Waals surface area contributed by atoms with Gasteiger partial charge in [-0.2, -0.15) is 0 Å². The number of rotatable bonds is 3. The number of ether oxygens (including phenoxy) is 1. The van der Waals surface area contributed by atoms with E-state index in [1.807, 2.05) is 6.07 Å². The van der Waals surface area contributed by atoms with Crippen LogP contribution in [0.1, 0.15) is 62.5 Å². The number of fused-ring (bicyclic) bond motifs is 3. The number of amides is 2. The quantitative estimate of drug-likeness (QED) is 0.612. The molecule has 1 saturated carbocycles. The van der Waals surface area contributed by atoms with Gasteiger partial charge in [-0.05, 0) is 35.3 Å². The van der Waals surface area contributed by atoms with E-state index in [-0.39, 0.29) is 30.8 Å². The second kappa shape index (κ2) is 6.41. The Morgan fingerprint density at radius 2 is 1.92 bits per heavy atom. The highest BCUT2D eigenvalue weighted by molar-refractivity contribution is 6.01. The third-order valence-electron chi connectivity index (χ3n) is 6.29. The first-order valence-electron chi connectivity index (χ1n) is 9.30. The molecule has 1 aliphatic heterocycles. The minimum absolute atomic E-state index is 0.0720. The molecular weight excluding hydrogens is 334 g/mol. The first-order valence-corrected chi connectivity index (χ1v) is 9.30. The van der Waals surface area contributed by atoms with E-state index in [0.29, 0.717) is 11.0 Å². The van der Waals surface area contributed by atoms with Crippen LogP contribution in [0.2, 0.25) is 0 Å². The normalized spacial score (nSPS) is 30.1. The molecule has 6 nitrogen and oxygen atoms in total. The van der Waals surface area contributed by atoms with Crippen LogP contribution >= 0.6 is 0 Å². The number of hydroxylamine groups is 2. The first kappa shape index (κ1) is 17.1. The molecule has 1 saturated heterocycles. The van der Waals surface area contributed by atoms with E-state index in [4.69, 9.17) is 9.57 Å². The Balaban J connectivity index is 1.47. The summed E-state index contributed by atoms with van der Waals surface area (Å²) in [4.78, 5) is 39.9. The van der Waals surface area contributed by atoms with Crippen molar-refractivity contribution in [1.82, 2.24) is 5.06 Å². The largest absolute Gasteiger partial charge is 0.533 e. The van der Waals surface area contributed by atoms with Gasteiger partial charge in [0.25, 0.3) is 11.8 Å². The van der Waals surface area contributed by atoms with Crippen molar-refractivity contribution in [2.45, 2.75) is 56.8 Å². The van der Waals surface area contributed by atoms with E-state index < -0.39 is 18.0 Å². The monoisotopic (exact) mass is 357 g/mol. The lowest BCUT2D eigenvalue weighted by Gasteiger charge is -2.39. The zero-order valence-corrected chi connectivity index (χ0v) is 14.9. The number of hydrogen-bond acceptors (Lipinski definition) is 5. The van der Waals surface area contributed by atoms with Crippen molar-refractivity contribution in [1.29, 1.82) is 0 Å². The molecule has 0 aromatic heterocycles. The fraction of sp³-hybridized carbons (Fsp3) is 0.550. The summed E-state index contributed by atoms with van der Waals surface area (Å²) in [6.07, 6.45) is 3.81. The van der Waals surface area contributed by atoms with Crippen molar-refractivity contribution in [3.63, 3.8) is 0 Å². The molecule has 3 atom stereocenters. The van der Waals surface area contributed by atoms with Gasteiger partial charge in [0, 0.05) is 18.8 Å². The molecule has 0 bridgehead atoms. The number of carbonyl (C=O) groups excluding carboxylic acids is 3. The Labute approximate surface area is 152 Å². The van der Waals surface area contributed by atoms with E-state index in [1.165, 1.54) is 24.0 Å². The first-order chi connectivity index (χ1) is 12.5. The number of nitrogens with zero attached hydrogens (tertiary/aromatic N) is 1. The molecule has 6 heteroatoms. The van der Waals surface area contributed by atoms with Gasteiger partial charge >= 0.3 is 6.16 Å². The minimum atomic E-state index is -0.990. The maximum Gasteiger partial charge on any atom is 0.533 e. The Bertz CT molecular complexity index is 744. The minimum Gasteiger partial charge on any atom is -0.432 e. The lowest BCUT2D eigenvalue weighted by Crippen LogP contribution is -2.35. The van der Waals surface area contributed by atoms with Crippen molar-refractivity contribution in [3.8, 4) is 0 Å². The highest BCUT2D eigenvalue weighted by atomic mass is 16.8. The van der Waals surface area contributed by atoms with Crippen LogP contribution in [0.3, 0.4) is 0 Å². The molecule has 2 fully saturated rings. The molecule has 138 valence electrons. The van der Waals surface area contributed by atoms with Crippen LogP contribution in [0.25, 0.3) is 0 Å². The molecule has 3 unspecified atom stereocenters. The van der Waals surface area contributed by atoms with Crippen LogP contribution in [0.4, 0.5) is 4.79 Å². The lowest BCUT2D eigenvalue weighted by atomic mass is 9.66. The third kappa shape index (κ3) is 2.68. The second-order valence-corrected chi connectivity index (χ2v) is 7.70. The molecule has 0 radical (unpaired) electrons. The predicted molar refractivity (Wildman–Crippen MR) is 92.0 cm³/mol. The van der Waals surface area contributed by atoms with E-state index in [2.05, 4.69) is 25.1 Å². The van der Waals surface area contributed by atoms with Gasteiger partial charge in [0.1, 0.15) is 6.61 Å². The number of carbonyl (C=O) groups is 3. The zero-order valence-electron chi connectivity index (χ0n) is 14.9. The molecule has 1 heterocycles. The van der Waals surface area contributed by atoms with Crippen LogP contribution < -0.4 is 0 Å². The van der Waals surface area contributed by atoms with Crippen LogP contribution in [0.15, 0.2) is 24.3 Å². The molecule has 4 rings (SSSR count). The summed E-state index contributed by atoms with van der Waals surface area (Å²) in [5.41, 5.74) is 2.72. The molecule has 0 N–H and O–H groups in total. The molecular formula is C20H23NO5. The SMILES string of the molecule is CC12CCCCC1C(COC(=O)ON1C(=O)CCC1=O)c1ccccc12. The highest BCUT2D eigenvalue weighted by Crippen LogP contribution is 2.57. The van der Waals surface area contributed by atoms with Gasteiger partial charge in [-0.25, -0.2) is 4.79 Å². The topological polar surface area (TPSA) is 72.9 Å². The maximum absolute atomic E-state index is 12.0. The average molecular weight is 357 g/mol. The van der Waals surface area contributed by atoms with Gasteiger partial charge in [0.15, 0.2) is 0 Å². The van der Waals surface area contributed by atoms with E-state index in [9.17, 15) is 14.4 Å². The van der Waals surface area contributed by atoms with Crippen molar-refractivity contribution < 1.29 is 24.0 Å². The van der Waals surface area contributed by atoms with Crippen molar-refractivity contribution in [2.75, 3.05) is 6.61 Å². The van der Waals surface area contributed by atoms with Gasteiger partial charge in [-0.1, -0.05) is 49.1 Å². The van der Waals surface area contributed by atoms with Gasteiger partial charge in [-0.15, -0.1) is 0 Å². The summed E-state index contributed by atoms with van der Waals surface area (Å²) < 4.78 is 5.33. The van der Waals surface area contributed by atoms with Crippen LogP contribution in [-0.2, 0) is 24.6 Å². The van der Waals surface area contributed by atoms with Crippen molar-refractivity contribution in [3.05, 3.63) is 35.4 Å². The smallest absolute Gasteiger partial charge is 0.432 e. The van der Waals surface area contributed by atoms with E-state index in [0.717, 1.165) is 12.8 Å². The van der Waals surface area contributed by atoms with Gasteiger partial charge in [0.05, 0.1) is 0 Å². The Morgan fingerprint density at radius 1 is 1.19 bits per heavy atom. The van der Waals surface area contributed by atoms with Crippen molar-refractivity contribution >= 4 is 18.0 Å². The molecule has 2 amide bonds. The Morgan fingerprint density at radius 3 is 2.69 bits per heavy atom. The predicted octanol–water partition coefficient (Wildman–Crippen LogP) is 3.45. The van der Waals surface area contributed by atoms with E-state index >= 15 is 0 Å². The highest BCUT2D eigenvalue weighted by Gasteiger charge is 2.50. The standard InChI is InChI=1S/C20H23NO5/c1-20-11-5-4-8-16(20)14(13-6-2-3-7-15(13)20)12-25-19(24)26-21-17(22)9-10-18(21)23/h2-3,6-7,14,16H,4-5,8-12H2,1H3. The maximum atomic E-state index is 12.0. The summed E-state index contributed by atoms with van der Waals surface area (Å²) in [6.45, 7) is 2.52. The van der Waals surface area contributed by atoms with Gasteiger partial charge < -0.3 is 4.74 Å². The summed E-state index contributed by atoms with van der Waals surface area (Å²) in [5.74, 6) is -0.457. The number of hydrogen-bond donors (Lipinski definition) is 0. The van der Waals surface area contributed by atoms with Crippen LogP contribution in [0, 0.1) is 5.92 Å². The fourth-order valence-electron chi connectivity index (χ4n) is 5.02. The van der Waals surface area contributed by atoms with Gasteiger partial charge in [0.2, 0.25) is 0 Å². The molecule has 3 aliphatic rings. The summed E-state index contributed by atoms with van der Waals surface area (Å²) in [5, 5.41) is 0.523. The molecule has 2 aliphatic carbocycles. The summed E-state index contributed by atoms with van der Waals surface area (Å²) >= 11 is 0. The van der Waals surface area contributed by atoms with Gasteiger partial charge in [-0.3, -0.25) is 14.4 Å². The molecule has 1 aromatic rings. The zero-order chi connectivity index (χ0) is 18.3. The number of imide groups is 1. The molecule has 0 spiro atoms. The average Bonchev–Trinajstić information content (AvgIpc) is 3.09. The van der Waals surface area contributed by atoms with Crippen LogP contribution in [0.5, 0.6) is 0 Å². The lowest BCUT2D eigenvalue weighted by molar-refractivity contribution is -0.177. The summed E-state index contributed by atoms with van der Waals surface area (Å²) in [6, 6.07) is 8.39. The number of benzene rings is 1. The Hall–Kier alpha value is -2.37. The third-order valence-corrected chi connectivity index (χ3v) is 6.29.